The molecule has 3 atom stereocenters. The van der Waals surface area contributed by atoms with Crippen molar-refractivity contribution in [3.63, 3.8) is 0 Å². The number of allylic oxidation sites excluding steroid dienone is 1. The number of hydrogen-bond acceptors (Lipinski definition) is 8. The van der Waals surface area contributed by atoms with E-state index in [0.717, 1.165) is 56.7 Å². The van der Waals surface area contributed by atoms with Gasteiger partial charge in [0, 0.05) is 24.5 Å². The van der Waals surface area contributed by atoms with Crippen molar-refractivity contribution in [2.45, 2.75) is 44.6 Å². The van der Waals surface area contributed by atoms with Crippen LogP contribution < -0.4 is 22.6 Å². The normalized spacial score (nSPS) is 26.0. The van der Waals surface area contributed by atoms with Crippen LogP contribution in [0.5, 0.6) is 0 Å². The smallest absolute Gasteiger partial charge is 0.165 e. The first-order valence-corrected chi connectivity index (χ1v) is 10.2. The number of nitrogens with zero attached hydrogens (tertiary/aromatic N) is 5. The topological polar surface area (TPSA) is 137 Å². The van der Waals surface area contributed by atoms with Gasteiger partial charge in [0.15, 0.2) is 11.5 Å². The second-order valence-electron chi connectivity index (χ2n) is 8.23. The second kappa shape index (κ2) is 8.32. The molecule has 2 aliphatic rings. The number of piperidine rings is 1. The van der Waals surface area contributed by atoms with Gasteiger partial charge in [0.2, 0.25) is 0 Å². The molecule has 7 N–H and O–H groups in total. The van der Waals surface area contributed by atoms with Gasteiger partial charge in [-0.15, -0.1) is 0 Å². The van der Waals surface area contributed by atoms with Crippen LogP contribution in [-0.2, 0) is 0 Å². The monoisotopic (exact) mass is 385 g/mol. The van der Waals surface area contributed by atoms with Gasteiger partial charge in [0.05, 0.1) is 6.33 Å². The zero-order valence-corrected chi connectivity index (χ0v) is 16.3. The van der Waals surface area contributed by atoms with Gasteiger partial charge < -0.3 is 26.4 Å². The lowest BCUT2D eigenvalue weighted by Gasteiger charge is -2.24. The molecule has 0 bridgehead atoms. The molecule has 2 aromatic heterocycles. The van der Waals surface area contributed by atoms with E-state index in [4.69, 9.17) is 17.3 Å². The minimum Gasteiger partial charge on any atom is -0.401 e. The average molecular weight is 386 g/mol. The van der Waals surface area contributed by atoms with Gasteiger partial charge in [-0.25, -0.2) is 20.8 Å². The first-order chi connectivity index (χ1) is 13.6. The Morgan fingerprint density at radius 3 is 2.96 bits per heavy atom. The van der Waals surface area contributed by atoms with Crippen LogP contribution in [0.25, 0.3) is 11.2 Å². The third-order valence-electron chi connectivity index (χ3n) is 6.02. The molecule has 9 nitrogen and oxygen atoms in total. The van der Waals surface area contributed by atoms with Crippen LogP contribution in [0.15, 0.2) is 24.6 Å². The van der Waals surface area contributed by atoms with Gasteiger partial charge in [-0.1, -0.05) is 0 Å². The van der Waals surface area contributed by atoms with E-state index < -0.39 is 0 Å². The molecular formula is C19H31N9. The van der Waals surface area contributed by atoms with Crippen LogP contribution >= 0.6 is 0 Å². The lowest BCUT2D eigenvalue weighted by Crippen LogP contribution is -2.33. The predicted molar refractivity (Wildman–Crippen MR) is 109 cm³/mol. The maximum Gasteiger partial charge on any atom is 0.165 e. The van der Waals surface area contributed by atoms with Crippen molar-refractivity contribution in [1.29, 1.82) is 0 Å². The SMILES string of the molecule is N/C(=C\N(N)CC1CCC(n2cnc3c(N)ncnc32)C1)CC1CCCNC1. The molecule has 1 aliphatic carbocycles. The third kappa shape index (κ3) is 4.20. The molecule has 3 unspecified atom stereocenters. The van der Waals surface area contributed by atoms with E-state index in [2.05, 4.69) is 24.8 Å². The van der Waals surface area contributed by atoms with Gasteiger partial charge in [-0.3, -0.25) is 0 Å². The quantitative estimate of drug-likeness (QED) is 0.429. The largest absolute Gasteiger partial charge is 0.401 e. The number of hydrogen-bond donors (Lipinski definition) is 4. The van der Waals surface area contributed by atoms with Crippen LogP contribution in [0, 0.1) is 11.8 Å². The van der Waals surface area contributed by atoms with Crippen molar-refractivity contribution < 1.29 is 0 Å². The number of fused-ring (bicyclic) bond motifs is 1. The van der Waals surface area contributed by atoms with Gasteiger partial charge in [0.1, 0.15) is 11.8 Å². The Morgan fingerprint density at radius 1 is 1.25 bits per heavy atom. The molecule has 0 radical (unpaired) electrons. The highest BCUT2D eigenvalue weighted by molar-refractivity contribution is 5.81. The molecule has 1 aliphatic heterocycles. The van der Waals surface area contributed by atoms with Crippen LogP contribution in [0.2, 0.25) is 0 Å². The van der Waals surface area contributed by atoms with Crippen molar-refractivity contribution in [2.75, 3.05) is 25.4 Å². The number of aromatic nitrogens is 4. The minimum absolute atomic E-state index is 0.368. The zero-order chi connectivity index (χ0) is 19.5. The summed E-state index contributed by atoms with van der Waals surface area (Å²) in [7, 11) is 0. The molecule has 1 saturated carbocycles. The van der Waals surface area contributed by atoms with E-state index in [0.29, 0.717) is 29.2 Å². The number of rotatable bonds is 6. The van der Waals surface area contributed by atoms with Crippen LogP contribution in [0.3, 0.4) is 0 Å². The number of nitrogens with two attached hydrogens (primary N) is 3. The minimum atomic E-state index is 0.368. The van der Waals surface area contributed by atoms with Crippen molar-refractivity contribution in [3.8, 4) is 0 Å². The van der Waals surface area contributed by atoms with Crippen LogP contribution in [0.4, 0.5) is 5.82 Å². The molecule has 152 valence electrons. The van der Waals surface area contributed by atoms with E-state index in [1.54, 1.807) is 5.01 Å². The Hall–Kier alpha value is -2.39. The van der Waals surface area contributed by atoms with E-state index in [1.165, 1.54) is 19.2 Å². The summed E-state index contributed by atoms with van der Waals surface area (Å²) in [5.41, 5.74) is 14.5. The Balaban J connectivity index is 1.32. The van der Waals surface area contributed by atoms with Crippen molar-refractivity contribution in [2.24, 2.45) is 23.4 Å². The number of nitrogens with one attached hydrogen (secondary N) is 1. The Kier molecular flexibility index (Phi) is 5.63. The molecule has 0 spiro atoms. The summed E-state index contributed by atoms with van der Waals surface area (Å²) in [6.45, 7) is 2.98. The zero-order valence-electron chi connectivity index (χ0n) is 16.3. The number of anilines is 1. The molecule has 3 heterocycles. The highest BCUT2D eigenvalue weighted by Gasteiger charge is 2.28. The fraction of sp³-hybridized carbons (Fsp3) is 0.632. The average Bonchev–Trinajstić information content (AvgIpc) is 3.29. The number of hydrazine groups is 1. The van der Waals surface area contributed by atoms with Crippen molar-refractivity contribution in [1.82, 2.24) is 29.8 Å². The van der Waals surface area contributed by atoms with Crippen molar-refractivity contribution in [3.05, 3.63) is 24.6 Å². The fourth-order valence-electron chi connectivity index (χ4n) is 4.65. The van der Waals surface area contributed by atoms with Gasteiger partial charge >= 0.3 is 0 Å². The predicted octanol–water partition coefficient (Wildman–Crippen LogP) is 1.12. The molecule has 0 aromatic carbocycles. The summed E-state index contributed by atoms with van der Waals surface area (Å²) in [5.74, 6) is 7.81. The van der Waals surface area contributed by atoms with Gasteiger partial charge in [0.25, 0.3) is 0 Å². The third-order valence-corrected chi connectivity index (χ3v) is 6.02. The number of nitrogen functional groups attached to an aromatic ring is 1. The lowest BCUT2D eigenvalue weighted by atomic mass is 9.95. The summed E-state index contributed by atoms with van der Waals surface area (Å²) in [6.07, 6.45) is 11.9. The number of imidazole rings is 1. The summed E-state index contributed by atoms with van der Waals surface area (Å²) < 4.78 is 2.13. The summed E-state index contributed by atoms with van der Waals surface area (Å²) in [6, 6.07) is 0.368. The van der Waals surface area contributed by atoms with E-state index in [-0.39, 0.29) is 0 Å². The first-order valence-electron chi connectivity index (χ1n) is 10.2. The molecule has 28 heavy (non-hydrogen) atoms. The maximum absolute atomic E-state index is 6.24. The highest BCUT2D eigenvalue weighted by Crippen LogP contribution is 2.36. The molecule has 0 amide bonds. The van der Waals surface area contributed by atoms with Gasteiger partial charge in [-0.2, -0.15) is 0 Å². The van der Waals surface area contributed by atoms with Crippen LogP contribution in [-0.4, -0.2) is 44.2 Å². The van der Waals surface area contributed by atoms with Crippen molar-refractivity contribution >= 4 is 17.0 Å². The maximum atomic E-state index is 6.24. The lowest BCUT2D eigenvalue weighted by molar-refractivity contribution is 0.307. The molecule has 2 fully saturated rings. The van der Waals surface area contributed by atoms with E-state index in [9.17, 15) is 0 Å². The summed E-state index contributed by atoms with van der Waals surface area (Å²) >= 11 is 0. The summed E-state index contributed by atoms with van der Waals surface area (Å²) in [4.78, 5) is 12.8. The summed E-state index contributed by atoms with van der Waals surface area (Å²) in [5, 5.41) is 5.20. The molecule has 1 saturated heterocycles. The Morgan fingerprint density at radius 2 is 2.14 bits per heavy atom. The van der Waals surface area contributed by atoms with E-state index >= 15 is 0 Å². The highest BCUT2D eigenvalue weighted by atomic mass is 15.4. The van der Waals surface area contributed by atoms with Gasteiger partial charge in [-0.05, 0) is 63.5 Å². The molecule has 9 heteroatoms. The van der Waals surface area contributed by atoms with E-state index in [1.807, 2.05) is 12.5 Å². The standard InChI is InChI=1S/C19H31N9/c20-15(6-13-2-1-5-23-8-13)10-27(22)9-14-3-4-16(7-14)28-12-26-17-18(21)24-11-25-19(17)28/h10-14,16,23H,1-9,20,22H2,(H2,21,24,25)/b15-10-. The Bertz CT molecular complexity index is 824. The molecular weight excluding hydrogens is 354 g/mol. The second-order valence-corrected chi connectivity index (χ2v) is 8.23. The Labute approximate surface area is 165 Å². The fourth-order valence-corrected chi connectivity index (χ4v) is 4.65. The van der Waals surface area contributed by atoms with Crippen LogP contribution in [0.1, 0.15) is 44.6 Å². The first kappa shape index (κ1) is 18.9. The molecule has 2 aromatic rings. The molecule has 4 rings (SSSR count).